The minimum absolute atomic E-state index is 0.151. The van der Waals surface area contributed by atoms with E-state index in [1.165, 1.54) is 41.2 Å². The summed E-state index contributed by atoms with van der Waals surface area (Å²) >= 11 is 1.46. The van der Waals surface area contributed by atoms with Gasteiger partial charge in [-0.2, -0.15) is 0 Å². The van der Waals surface area contributed by atoms with Gasteiger partial charge >= 0.3 is 0 Å². The van der Waals surface area contributed by atoms with Gasteiger partial charge in [0.05, 0.1) is 11.3 Å². The molecule has 28 heavy (non-hydrogen) atoms. The SMILES string of the molecule is Cc1cc2nnc(SCC(=O)c3cc(C)n(C4CC4)c3C)n2c2ccccc12. The van der Waals surface area contributed by atoms with Gasteiger partial charge in [-0.1, -0.05) is 30.0 Å². The van der Waals surface area contributed by atoms with Crippen LogP contribution in [0, 0.1) is 20.8 Å². The molecular formula is C22H22N4OS. The van der Waals surface area contributed by atoms with Gasteiger partial charge in [0.15, 0.2) is 16.6 Å². The summed E-state index contributed by atoms with van der Waals surface area (Å²) in [6.45, 7) is 6.24. The van der Waals surface area contributed by atoms with Crippen LogP contribution in [0.5, 0.6) is 0 Å². The van der Waals surface area contributed by atoms with Gasteiger partial charge < -0.3 is 4.57 Å². The maximum Gasteiger partial charge on any atom is 0.196 e. The lowest BCUT2D eigenvalue weighted by Gasteiger charge is -2.08. The van der Waals surface area contributed by atoms with E-state index in [-0.39, 0.29) is 5.78 Å². The predicted octanol–water partition coefficient (Wildman–Crippen LogP) is 4.92. The van der Waals surface area contributed by atoms with Crippen LogP contribution in [0.3, 0.4) is 0 Å². The maximum absolute atomic E-state index is 12.9. The van der Waals surface area contributed by atoms with Crippen LogP contribution >= 0.6 is 11.8 Å². The molecule has 0 atom stereocenters. The van der Waals surface area contributed by atoms with E-state index in [0.29, 0.717) is 11.8 Å². The summed E-state index contributed by atoms with van der Waals surface area (Å²) in [5.41, 5.74) is 6.19. The van der Waals surface area contributed by atoms with Crippen LogP contribution in [0.15, 0.2) is 41.6 Å². The molecule has 3 aromatic heterocycles. The van der Waals surface area contributed by atoms with Gasteiger partial charge in [-0.05, 0) is 57.4 Å². The molecular weight excluding hydrogens is 368 g/mol. The normalized spacial score (nSPS) is 14.2. The molecule has 6 heteroatoms. The molecule has 0 aliphatic heterocycles. The summed E-state index contributed by atoms with van der Waals surface area (Å²) in [5, 5.41) is 10.6. The molecule has 0 saturated heterocycles. The predicted molar refractivity (Wildman–Crippen MR) is 112 cm³/mol. The number of rotatable bonds is 5. The Morgan fingerprint density at radius 3 is 2.71 bits per heavy atom. The minimum atomic E-state index is 0.151. The van der Waals surface area contributed by atoms with Gasteiger partial charge in [0.1, 0.15) is 0 Å². The molecule has 5 nitrogen and oxygen atoms in total. The van der Waals surface area contributed by atoms with E-state index in [4.69, 9.17) is 0 Å². The van der Waals surface area contributed by atoms with Crippen LogP contribution in [0.1, 0.15) is 46.2 Å². The van der Waals surface area contributed by atoms with E-state index < -0.39 is 0 Å². The van der Waals surface area contributed by atoms with Crippen molar-refractivity contribution in [2.75, 3.05) is 5.75 Å². The number of carbonyl (C=O) groups is 1. The van der Waals surface area contributed by atoms with Crippen LogP contribution in [0.25, 0.3) is 16.6 Å². The van der Waals surface area contributed by atoms with Crippen molar-refractivity contribution >= 4 is 34.1 Å². The molecule has 0 N–H and O–H groups in total. The lowest BCUT2D eigenvalue weighted by atomic mass is 10.1. The van der Waals surface area contributed by atoms with Crippen LogP contribution in [0.2, 0.25) is 0 Å². The summed E-state index contributed by atoms with van der Waals surface area (Å²) in [4.78, 5) is 12.9. The first-order chi connectivity index (χ1) is 13.5. The Kier molecular flexibility index (Phi) is 4.05. The zero-order chi connectivity index (χ0) is 19.4. The number of para-hydroxylation sites is 1. The van der Waals surface area contributed by atoms with Crippen LogP contribution in [-0.4, -0.2) is 30.7 Å². The number of hydrogen-bond acceptors (Lipinski definition) is 4. The summed E-state index contributed by atoms with van der Waals surface area (Å²) in [5.74, 6) is 0.510. The Labute approximate surface area is 167 Å². The van der Waals surface area contributed by atoms with E-state index >= 15 is 0 Å². The maximum atomic E-state index is 12.9. The third kappa shape index (κ3) is 2.75. The number of aryl methyl sites for hydroxylation is 2. The molecule has 0 spiro atoms. The fraction of sp³-hybridized carbons (Fsp3) is 0.318. The number of Topliss-reactive ketones (excluding diaryl/α,β-unsaturated/α-hetero) is 1. The first kappa shape index (κ1) is 17.5. The summed E-state index contributed by atoms with van der Waals surface area (Å²) in [7, 11) is 0. The van der Waals surface area contributed by atoms with Crippen LogP contribution in [0.4, 0.5) is 0 Å². The van der Waals surface area contributed by atoms with Gasteiger partial charge in [-0.15, -0.1) is 10.2 Å². The second kappa shape index (κ2) is 6.48. The molecule has 1 fully saturated rings. The van der Waals surface area contributed by atoms with Crippen molar-refractivity contribution in [3.8, 4) is 0 Å². The molecule has 0 unspecified atom stereocenters. The average Bonchev–Trinajstić information content (AvgIpc) is 3.36. The molecule has 0 amide bonds. The van der Waals surface area contributed by atoms with Gasteiger partial charge in [0.2, 0.25) is 0 Å². The van der Waals surface area contributed by atoms with Crippen molar-refractivity contribution < 1.29 is 4.79 Å². The average molecular weight is 391 g/mol. The highest BCUT2D eigenvalue weighted by Crippen LogP contribution is 2.38. The quantitative estimate of drug-likeness (QED) is 0.358. The minimum Gasteiger partial charge on any atom is -0.345 e. The zero-order valence-electron chi connectivity index (χ0n) is 16.3. The van der Waals surface area contributed by atoms with Crippen molar-refractivity contribution in [2.45, 2.75) is 44.8 Å². The number of benzene rings is 1. The lowest BCUT2D eigenvalue weighted by Crippen LogP contribution is -2.06. The molecule has 5 rings (SSSR count). The van der Waals surface area contributed by atoms with Gasteiger partial charge in [-0.25, -0.2) is 0 Å². The summed E-state index contributed by atoms with van der Waals surface area (Å²) < 4.78 is 4.37. The topological polar surface area (TPSA) is 52.2 Å². The Hall–Kier alpha value is -2.60. The highest BCUT2D eigenvalue weighted by atomic mass is 32.2. The van der Waals surface area contributed by atoms with Crippen molar-refractivity contribution in [3.05, 3.63) is 58.9 Å². The second-order valence-electron chi connectivity index (χ2n) is 7.62. The van der Waals surface area contributed by atoms with Crippen molar-refractivity contribution in [1.29, 1.82) is 0 Å². The molecule has 0 radical (unpaired) electrons. The molecule has 1 aromatic carbocycles. The van der Waals surface area contributed by atoms with Crippen LogP contribution < -0.4 is 0 Å². The van der Waals surface area contributed by atoms with E-state index in [9.17, 15) is 4.79 Å². The highest BCUT2D eigenvalue weighted by Gasteiger charge is 2.28. The standard InChI is InChI=1S/C22H22N4OS/c1-13-10-21-23-24-22(26(21)19-7-5-4-6-17(13)19)28-12-20(27)18-11-14(2)25(15(18)3)16-8-9-16/h4-7,10-11,16H,8-9,12H2,1-3H3. The number of carbonyl (C=O) groups excluding carboxylic acids is 1. The van der Waals surface area contributed by atoms with Crippen molar-refractivity contribution in [2.24, 2.45) is 0 Å². The van der Waals surface area contributed by atoms with Crippen molar-refractivity contribution in [1.82, 2.24) is 19.2 Å². The molecule has 4 aromatic rings. The second-order valence-corrected chi connectivity index (χ2v) is 8.56. The number of hydrogen-bond donors (Lipinski definition) is 0. The molecule has 3 heterocycles. The zero-order valence-corrected chi connectivity index (χ0v) is 17.1. The smallest absolute Gasteiger partial charge is 0.196 e. The third-order valence-corrected chi connectivity index (χ3v) is 6.53. The fourth-order valence-electron chi connectivity index (χ4n) is 4.13. The number of fused-ring (bicyclic) bond motifs is 3. The molecule has 1 aliphatic rings. The van der Waals surface area contributed by atoms with E-state index in [0.717, 1.165) is 27.6 Å². The number of nitrogens with zero attached hydrogens (tertiary/aromatic N) is 4. The summed E-state index contributed by atoms with van der Waals surface area (Å²) in [6.07, 6.45) is 2.44. The monoisotopic (exact) mass is 390 g/mol. The van der Waals surface area contributed by atoms with Gasteiger partial charge in [-0.3, -0.25) is 9.20 Å². The Bertz CT molecular complexity index is 1230. The van der Waals surface area contributed by atoms with E-state index in [2.05, 4.69) is 47.7 Å². The number of aromatic nitrogens is 4. The van der Waals surface area contributed by atoms with Crippen molar-refractivity contribution in [3.63, 3.8) is 0 Å². The lowest BCUT2D eigenvalue weighted by molar-refractivity contribution is 0.102. The first-order valence-electron chi connectivity index (χ1n) is 9.62. The number of ketones is 1. The van der Waals surface area contributed by atoms with Gasteiger partial charge in [0.25, 0.3) is 0 Å². The first-order valence-corrected chi connectivity index (χ1v) is 10.6. The van der Waals surface area contributed by atoms with Crippen LogP contribution in [-0.2, 0) is 0 Å². The Morgan fingerprint density at radius 2 is 1.93 bits per heavy atom. The number of thioether (sulfide) groups is 1. The molecule has 1 aliphatic carbocycles. The Balaban J connectivity index is 1.46. The Morgan fingerprint density at radius 1 is 1.14 bits per heavy atom. The highest BCUT2D eigenvalue weighted by molar-refractivity contribution is 7.99. The number of pyridine rings is 1. The third-order valence-electron chi connectivity index (χ3n) is 5.60. The molecule has 0 bridgehead atoms. The summed E-state index contributed by atoms with van der Waals surface area (Å²) in [6, 6.07) is 12.9. The van der Waals surface area contributed by atoms with E-state index in [1.807, 2.05) is 28.7 Å². The molecule has 142 valence electrons. The molecule has 1 saturated carbocycles. The van der Waals surface area contributed by atoms with E-state index in [1.54, 1.807) is 0 Å². The van der Waals surface area contributed by atoms with Gasteiger partial charge in [0, 0.05) is 28.4 Å². The fourth-order valence-corrected chi connectivity index (χ4v) is 4.97. The largest absolute Gasteiger partial charge is 0.345 e.